The zero-order chi connectivity index (χ0) is 66.1. The van der Waals surface area contributed by atoms with Gasteiger partial charge in [-0.15, -0.1) is 0 Å². The molecule has 528 valence electrons. The monoisotopic (exact) mass is 1310 g/mol. The lowest BCUT2D eigenvalue weighted by atomic mass is 9.99. The summed E-state index contributed by atoms with van der Waals surface area (Å²) in [7, 11) is -9.90. The number of hydrogen-bond donors (Lipinski definition) is 3. The van der Waals surface area contributed by atoms with Crippen LogP contribution in [0.2, 0.25) is 0 Å². The van der Waals surface area contributed by atoms with E-state index in [0.29, 0.717) is 25.7 Å². The van der Waals surface area contributed by atoms with Crippen LogP contribution in [-0.2, 0) is 65.4 Å². The highest BCUT2D eigenvalue weighted by atomic mass is 31.2. The molecule has 0 aliphatic carbocycles. The average molecular weight is 1310 g/mol. The van der Waals surface area contributed by atoms with Crippen molar-refractivity contribution < 1.29 is 80.2 Å². The maximum absolute atomic E-state index is 13.0. The van der Waals surface area contributed by atoms with Gasteiger partial charge in [0.05, 0.1) is 26.4 Å². The summed E-state index contributed by atoms with van der Waals surface area (Å²) in [6.07, 6.45) is 41.6. The van der Waals surface area contributed by atoms with Gasteiger partial charge < -0.3 is 33.8 Å². The van der Waals surface area contributed by atoms with Gasteiger partial charge in [-0.05, 0) is 49.4 Å². The molecule has 0 saturated heterocycles. The van der Waals surface area contributed by atoms with E-state index < -0.39 is 97.5 Å². The number of ether oxygens (including phenoxy) is 4. The summed E-state index contributed by atoms with van der Waals surface area (Å²) in [5.41, 5.74) is 0. The number of phosphoric acid groups is 2. The molecule has 0 fully saturated rings. The third-order valence-electron chi connectivity index (χ3n) is 17.2. The van der Waals surface area contributed by atoms with Crippen molar-refractivity contribution in [3.05, 3.63) is 0 Å². The van der Waals surface area contributed by atoms with Crippen molar-refractivity contribution in [2.24, 2.45) is 23.7 Å². The predicted octanol–water partition coefficient (Wildman–Crippen LogP) is 19.7. The molecule has 0 aliphatic heterocycles. The van der Waals surface area contributed by atoms with Crippen LogP contribution in [0.25, 0.3) is 0 Å². The summed E-state index contributed by atoms with van der Waals surface area (Å²) in [5.74, 6) is 0.927. The normalized spacial score (nSPS) is 15.2. The van der Waals surface area contributed by atoms with Crippen molar-refractivity contribution in [1.82, 2.24) is 0 Å². The minimum Gasteiger partial charge on any atom is -0.462 e. The number of phosphoric ester groups is 2. The van der Waals surface area contributed by atoms with Gasteiger partial charge in [-0.25, -0.2) is 9.13 Å². The van der Waals surface area contributed by atoms with Crippen LogP contribution in [0, 0.1) is 23.7 Å². The number of aliphatic hydroxyl groups excluding tert-OH is 1. The first-order valence-electron chi connectivity index (χ1n) is 36.3. The van der Waals surface area contributed by atoms with E-state index in [9.17, 15) is 43.2 Å². The number of unbranched alkanes of at least 4 members (excludes halogenated alkanes) is 30. The van der Waals surface area contributed by atoms with Gasteiger partial charge in [-0.2, -0.15) is 0 Å². The largest absolute Gasteiger partial charge is 0.472 e. The zero-order valence-electron chi connectivity index (χ0n) is 58.1. The predicted molar refractivity (Wildman–Crippen MR) is 358 cm³/mol. The zero-order valence-corrected chi connectivity index (χ0v) is 59.8. The Morgan fingerprint density at radius 3 is 0.798 bits per heavy atom. The van der Waals surface area contributed by atoms with Gasteiger partial charge in [0.1, 0.15) is 19.3 Å². The summed E-state index contributed by atoms with van der Waals surface area (Å²) in [6.45, 7) is 14.1. The Bertz CT molecular complexity index is 1770. The van der Waals surface area contributed by atoms with Gasteiger partial charge in [0.25, 0.3) is 0 Å². The molecule has 0 aromatic heterocycles. The number of esters is 4. The molecular formula is C70H136O17P2. The maximum Gasteiger partial charge on any atom is 0.472 e. The molecule has 0 radical (unpaired) electrons. The standard InChI is InChI=1S/C70H136O17P2/c1-9-61(6)47-39-31-23-16-12-14-18-25-34-42-50-67(72)80-56-65(86-69(74)52-44-36-27-19-15-13-17-24-32-40-48-62(7)10-2)58-84-88(76,77)82-54-64(71)55-83-89(78,79)85-59-66(87-70(75)53-45-37-29-28-33-41-49-63(8)11-3)57-81-68(73)51-43-35-26-21-20-22-30-38-46-60(4)5/h60-66,71H,9-59H2,1-8H3,(H,76,77)(H,78,79)/t61?,62?,63?,64?,65-,66-/m1/s1. The third-order valence-corrected chi connectivity index (χ3v) is 19.1. The van der Waals surface area contributed by atoms with E-state index in [1.807, 2.05) is 0 Å². The van der Waals surface area contributed by atoms with E-state index in [1.54, 1.807) is 0 Å². The van der Waals surface area contributed by atoms with Crippen molar-refractivity contribution >= 4 is 39.5 Å². The number of aliphatic hydroxyl groups is 1. The quantitative estimate of drug-likeness (QED) is 0.0222. The van der Waals surface area contributed by atoms with Gasteiger partial charge in [-0.3, -0.25) is 37.3 Å². The number of rotatable bonds is 67. The fourth-order valence-electron chi connectivity index (χ4n) is 10.4. The van der Waals surface area contributed by atoms with Crippen LogP contribution in [0.15, 0.2) is 0 Å². The van der Waals surface area contributed by atoms with Crippen molar-refractivity contribution in [2.45, 2.75) is 363 Å². The molecule has 17 nitrogen and oxygen atoms in total. The van der Waals surface area contributed by atoms with Crippen LogP contribution in [0.1, 0.15) is 344 Å². The SMILES string of the molecule is CCC(C)CCCCCCCCCCCCC(=O)OC[C@H](COP(=O)(O)OCC(O)COP(=O)(O)OC[C@@H](COC(=O)CCCCCCCCCCC(C)C)OC(=O)CCCCCCCCC(C)CC)OC(=O)CCCCCCCCCCCCC(C)CC. The van der Waals surface area contributed by atoms with Gasteiger partial charge in [-0.1, -0.05) is 293 Å². The summed E-state index contributed by atoms with van der Waals surface area (Å²) in [5, 5.41) is 10.6. The van der Waals surface area contributed by atoms with Crippen LogP contribution >= 0.6 is 15.6 Å². The van der Waals surface area contributed by atoms with Crippen molar-refractivity contribution in [1.29, 1.82) is 0 Å². The number of carbonyl (C=O) groups is 4. The Hall–Kier alpha value is -1.94. The van der Waals surface area contributed by atoms with E-state index in [-0.39, 0.29) is 25.7 Å². The first-order valence-corrected chi connectivity index (χ1v) is 39.3. The average Bonchev–Trinajstić information content (AvgIpc) is 3.69. The Kier molecular flexibility index (Phi) is 58.5. The van der Waals surface area contributed by atoms with E-state index in [4.69, 9.17) is 37.0 Å². The van der Waals surface area contributed by atoms with Crippen molar-refractivity contribution in [3.63, 3.8) is 0 Å². The Balaban J connectivity index is 5.27. The van der Waals surface area contributed by atoms with Crippen LogP contribution in [0.4, 0.5) is 0 Å². The smallest absolute Gasteiger partial charge is 0.462 e. The molecule has 0 spiro atoms. The van der Waals surface area contributed by atoms with Crippen LogP contribution in [0.3, 0.4) is 0 Å². The minimum atomic E-state index is -4.95. The second-order valence-corrected chi connectivity index (χ2v) is 29.4. The lowest BCUT2D eigenvalue weighted by molar-refractivity contribution is -0.161. The molecule has 0 aliphatic rings. The molecule has 0 bridgehead atoms. The highest BCUT2D eigenvalue weighted by Crippen LogP contribution is 2.45. The molecule has 0 aromatic carbocycles. The molecule has 89 heavy (non-hydrogen) atoms. The summed E-state index contributed by atoms with van der Waals surface area (Å²) < 4.78 is 68.3. The molecule has 3 N–H and O–H groups in total. The first kappa shape index (κ1) is 87.1. The Labute approximate surface area is 543 Å². The van der Waals surface area contributed by atoms with Gasteiger partial charge >= 0.3 is 39.5 Å². The van der Waals surface area contributed by atoms with Crippen LogP contribution < -0.4 is 0 Å². The van der Waals surface area contributed by atoms with Crippen molar-refractivity contribution in [3.8, 4) is 0 Å². The Morgan fingerprint density at radius 1 is 0.315 bits per heavy atom. The molecule has 6 unspecified atom stereocenters. The third kappa shape index (κ3) is 60.7. The molecule has 19 heteroatoms. The molecule has 0 rings (SSSR count). The van der Waals surface area contributed by atoms with Crippen LogP contribution in [0.5, 0.6) is 0 Å². The number of carbonyl (C=O) groups excluding carboxylic acids is 4. The van der Waals surface area contributed by atoms with E-state index in [2.05, 4.69) is 55.4 Å². The second kappa shape index (κ2) is 59.8. The van der Waals surface area contributed by atoms with E-state index in [1.165, 1.54) is 148 Å². The Morgan fingerprint density at radius 2 is 0.539 bits per heavy atom. The number of hydrogen-bond acceptors (Lipinski definition) is 15. The first-order chi connectivity index (χ1) is 42.7. The molecule has 0 amide bonds. The molecule has 0 saturated carbocycles. The lowest BCUT2D eigenvalue weighted by Crippen LogP contribution is -2.30. The summed E-state index contributed by atoms with van der Waals surface area (Å²) in [4.78, 5) is 72.5. The van der Waals surface area contributed by atoms with E-state index in [0.717, 1.165) is 114 Å². The maximum atomic E-state index is 13.0. The minimum absolute atomic E-state index is 0.102. The molecule has 0 aromatic rings. The highest BCUT2D eigenvalue weighted by molar-refractivity contribution is 7.47. The molecular weight excluding hydrogens is 1170 g/mol. The highest BCUT2D eigenvalue weighted by Gasteiger charge is 2.30. The van der Waals surface area contributed by atoms with Gasteiger partial charge in [0, 0.05) is 25.7 Å². The van der Waals surface area contributed by atoms with Crippen LogP contribution in [-0.4, -0.2) is 96.7 Å². The fourth-order valence-corrected chi connectivity index (χ4v) is 12.0. The lowest BCUT2D eigenvalue weighted by Gasteiger charge is -2.21. The summed E-state index contributed by atoms with van der Waals surface area (Å²) in [6, 6.07) is 0. The summed E-state index contributed by atoms with van der Waals surface area (Å²) >= 11 is 0. The molecule has 8 atom stereocenters. The molecule has 0 heterocycles. The van der Waals surface area contributed by atoms with Gasteiger partial charge in [0.2, 0.25) is 0 Å². The fraction of sp³-hybridized carbons (Fsp3) is 0.943. The van der Waals surface area contributed by atoms with Crippen molar-refractivity contribution in [2.75, 3.05) is 39.6 Å². The van der Waals surface area contributed by atoms with Gasteiger partial charge in [0.15, 0.2) is 12.2 Å². The van der Waals surface area contributed by atoms with E-state index >= 15 is 0 Å². The second-order valence-electron chi connectivity index (χ2n) is 26.5. The topological polar surface area (TPSA) is 237 Å².